The Kier molecular flexibility index (Phi) is 6.03. The summed E-state index contributed by atoms with van der Waals surface area (Å²) in [5.41, 5.74) is 7.54. The molecule has 2 aliphatic carbocycles. The summed E-state index contributed by atoms with van der Waals surface area (Å²) in [7, 11) is 0. The van der Waals surface area contributed by atoms with E-state index in [0.29, 0.717) is 30.3 Å². The van der Waals surface area contributed by atoms with E-state index in [-0.39, 0.29) is 24.4 Å². The highest BCUT2D eigenvalue weighted by Crippen LogP contribution is 2.48. The molecule has 3 fully saturated rings. The number of carbonyl (C=O) groups is 1. The Labute approximate surface area is 156 Å². The van der Waals surface area contributed by atoms with Gasteiger partial charge in [-0.2, -0.15) is 0 Å². The van der Waals surface area contributed by atoms with Crippen LogP contribution in [0.4, 0.5) is 0 Å². The normalized spacial score (nSPS) is 33.5. The minimum absolute atomic E-state index is 0. The van der Waals surface area contributed by atoms with Crippen molar-refractivity contribution in [2.75, 3.05) is 19.7 Å². The van der Waals surface area contributed by atoms with Crippen LogP contribution in [0, 0.1) is 23.7 Å². The lowest BCUT2D eigenvalue weighted by molar-refractivity contribution is -0.136. The van der Waals surface area contributed by atoms with Crippen LogP contribution in [0.5, 0.6) is 0 Å². The summed E-state index contributed by atoms with van der Waals surface area (Å²) in [6, 6.07) is 10.4. The van der Waals surface area contributed by atoms with Gasteiger partial charge in [-0.1, -0.05) is 30.3 Å². The van der Waals surface area contributed by atoms with Gasteiger partial charge >= 0.3 is 0 Å². The monoisotopic (exact) mass is 364 g/mol. The molecule has 3 aliphatic rings. The van der Waals surface area contributed by atoms with E-state index in [1.54, 1.807) is 0 Å². The highest BCUT2D eigenvalue weighted by molar-refractivity contribution is 5.85. The van der Waals surface area contributed by atoms with E-state index in [1.807, 2.05) is 18.2 Å². The molecule has 5 atom stereocenters. The second-order valence-electron chi connectivity index (χ2n) is 7.88. The molecule has 2 bridgehead atoms. The number of nitrogens with zero attached hydrogens (tertiary/aromatic N) is 1. The predicted octanol–water partition coefficient (Wildman–Crippen LogP) is 2.85. The number of hydrogen-bond donors (Lipinski definition) is 1. The molecule has 1 aromatic rings. The van der Waals surface area contributed by atoms with Gasteiger partial charge < -0.3 is 15.4 Å². The SMILES string of the molecule is Cl.NC1C2CCC(C2)C1C(=O)N1CCC(COCc2ccccc2)C1. The van der Waals surface area contributed by atoms with Crippen molar-refractivity contribution in [3.05, 3.63) is 35.9 Å². The van der Waals surface area contributed by atoms with Crippen molar-refractivity contribution in [3.63, 3.8) is 0 Å². The molecule has 138 valence electrons. The zero-order valence-corrected chi connectivity index (χ0v) is 15.5. The first kappa shape index (κ1) is 18.7. The van der Waals surface area contributed by atoms with Gasteiger partial charge in [-0.25, -0.2) is 0 Å². The molecule has 1 aliphatic heterocycles. The second kappa shape index (κ2) is 8.07. The van der Waals surface area contributed by atoms with Crippen LogP contribution >= 0.6 is 12.4 Å². The Morgan fingerprint density at radius 3 is 2.64 bits per heavy atom. The Hall–Kier alpha value is -1.10. The van der Waals surface area contributed by atoms with Gasteiger partial charge in [0.25, 0.3) is 0 Å². The van der Waals surface area contributed by atoms with Gasteiger partial charge in [0.05, 0.1) is 19.1 Å². The lowest BCUT2D eigenvalue weighted by atomic mass is 9.84. The van der Waals surface area contributed by atoms with E-state index < -0.39 is 0 Å². The topological polar surface area (TPSA) is 55.6 Å². The van der Waals surface area contributed by atoms with Crippen LogP contribution in [0.3, 0.4) is 0 Å². The number of fused-ring (bicyclic) bond motifs is 2. The lowest BCUT2D eigenvalue weighted by Gasteiger charge is -2.30. The molecule has 4 nitrogen and oxygen atoms in total. The molecule has 1 saturated heterocycles. The van der Waals surface area contributed by atoms with Gasteiger partial charge in [0.15, 0.2) is 0 Å². The standard InChI is InChI=1S/C20H28N2O2.ClH/c21-19-17-7-6-16(10-17)18(19)20(23)22-9-8-15(11-22)13-24-12-14-4-2-1-3-5-14;/h1-5,15-19H,6-13,21H2;1H. The van der Waals surface area contributed by atoms with Crippen LogP contribution in [-0.2, 0) is 16.1 Å². The van der Waals surface area contributed by atoms with Crippen molar-refractivity contribution in [1.82, 2.24) is 4.90 Å². The molecule has 25 heavy (non-hydrogen) atoms. The number of nitrogens with two attached hydrogens (primary N) is 1. The van der Waals surface area contributed by atoms with E-state index in [1.165, 1.54) is 24.8 Å². The van der Waals surface area contributed by atoms with Crippen molar-refractivity contribution < 1.29 is 9.53 Å². The van der Waals surface area contributed by atoms with Gasteiger partial charge in [0.2, 0.25) is 5.91 Å². The number of likely N-dealkylation sites (tertiary alicyclic amines) is 1. The molecule has 1 aromatic carbocycles. The van der Waals surface area contributed by atoms with Crippen LogP contribution in [0.1, 0.15) is 31.2 Å². The number of carbonyl (C=O) groups excluding carboxylic acids is 1. The third-order valence-corrected chi connectivity index (χ3v) is 6.33. The highest BCUT2D eigenvalue weighted by atomic mass is 35.5. The maximum Gasteiger partial charge on any atom is 0.227 e. The minimum atomic E-state index is 0. The number of rotatable bonds is 5. The van der Waals surface area contributed by atoms with Crippen LogP contribution in [0.2, 0.25) is 0 Å². The lowest BCUT2D eigenvalue weighted by Crippen LogP contribution is -2.46. The first-order valence-electron chi connectivity index (χ1n) is 9.38. The van der Waals surface area contributed by atoms with Crippen molar-refractivity contribution in [1.29, 1.82) is 0 Å². The first-order chi connectivity index (χ1) is 11.7. The molecule has 2 N–H and O–H groups in total. The molecule has 5 heteroatoms. The van der Waals surface area contributed by atoms with Crippen LogP contribution in [0.15, 0.2) is 30.3 Å². The van der Waals surface area contributed by atoms with E-state index in [0.717, 1.165) is 26.1 Å². The molecule has 0 radical (unpaired) electrons. The number of amides is 1. The van der Waals surface area contributed by atoms with Crippen molar-refractivity contribution in [2.24, 2.45) is 29.4 Å². The van der Waals surface area contributed by atoms with Crippen molar-refractivity contribution >= 4 is 18.3 Å². The summed E-state index contributed by atoms with van der Waals surface area (Å²) < 4.78 is 5.86. The van der Waals surface area contributed by atoms with Crippen LogP contribution in [0.25, 0.3) is 0 Å². The van der Waals surface area contributed by atoms with Crippen molar-refractivity contribution in [2.45, 2.75) is 38.3 Å². The second-order valence-corrected chi connectivity index (χ2v) is 7.88. The molecule has 0 aromatic heterocycles. The summed E-state index contributed by atoms with van der Waals surface area (Å²) >= 11 is 0. The molecule has 5 unspecified atom stereocenters. The Morgan fingerprint density at radius 1 is 1.16 bits per heavy atom. The average Bonchev–Trinajstić information content (AvgIpc) is 3.31. The molecule has 1 heterocycles. The fourth-order valence-electron chi connectivity index (χ4n) is 5.00. The van der Waals surface area contributed by atoms with Crippen LogP contribution in [-0.4, -0.2) is 36.5 Å². The van der Waals surface area contributed by atoms with Gasteiger partial charge in [-0.15, -0.1) is 12.4 Å². The number of benzene rings is 1. The summed E-state index contributed by atoms with van der Waals surface area (Å²) in [5, 5.41) is 0. The van der Waals surface area contributed by atoms with Crippen molar-refractivity contribution in [3.8, 4) is 0 Å². The summed E-state index contributed by atoms with van der Waals surface area (Å²) in [4.78, 5) is 15.0. The molecular formula is C20H29ClN2O2. The zero-order chi connectivity index (χ0) is 16.5. The number of halogens is 1. The predicted molar refractivity (Wildman–Crippen MR) is 100 cm³/mol. The van der Waals surface area contributed by atoms with E-state index >= 15 is 0 Å². The first-order valence-corrected chi connectivity index (χ1v) is 9.38. The quantitative estimate of drug-likeness (QED) is 0.874. The average molecular weight is 365 g/mol. The number of hydrogen-bond acceptors (Lipinski definition) is 3. The molecule has 4 rings (SSSR count). The molecule has 1 amide bonds. The third-order valence-electron chi connectivity index (χ3n) is 6.33. The Bertz CT molecular complexity index is 580. The maximum atomic E-state index is 12.9. The smallest absolute Gasteiger partial charge is 0.227 e. The van der Waals surface area contributed by atoms with Gasteiger partial charge in [0, 0.05) is 25.0 Å². The van der Waals surface area contributed by atoms with E-state index in [9.17, 15) is 4.79 Å². The fourth-order valence-corrected chi connectivity index (χ4v) is 5.00. The summed E-state index contributed by atoms with van der Waals surface area (Å²) in [6.07, 6.45) is 4.66. The van der Waals surface area contributed by atoms with E-state index in [2.05, 4.69) is 17.0 Å². The largest absolute Gasteiger partial charge is 0.376 e. The summed E-state index contributed by atoms with van der Waals surface area (Å²) in [6.45, 7) is 3.11. The zero-order valence-electron chi connectivity index (χ0n) is 14.7. The van der Waals surface area contributed by atoms with Crippen LogP contribution < -0.4 is 5.73 Å². The Balaban J connectivity index is 0.00000182. The van der Waals surface area contributed by atoms with Gasteiger partial charge in [-0.05, 0) is 43.1 Å². The summed E-state index contributed by atoms with van der Waals surface area (Å²) in [5.74, 6) is 2.02. The molecule has 0 spiro atoms. The molecular weight excluding hydrogens is 336 g/mol. The fraction of sp³-hybridized carbons (Fsp3) is 0.650. The highest BCUT2D eigenvalue weighted by Gasteiger charge is 2.50. The van der Waals surface area contributed by atoms with E-state index in [4.69, 9.17) is 10.5 Å². The third kappa shape index (κ3) is 3.86. The molecule has 2 saturated carbocycles. The maximum absolute atomic E-state index is 12.9. The van der Waals surface area contributed by atoms with Gasteiger partial charge in [0.1, 0.15) is 0 Å². The number of ether oxygens (including phenoxy) is 1. The van der Waals surface area contributed by atoms with Gasteiger partial charge in [-0.3, -0.25) is 4.79 Å². The Morgan fingerprint density at radius 2 is 1.92 bits per heavy atom. The minimum Gasteiger partial charge on any atom is -0.376 e.